The summed E-state index contributed by atoms with van der Waals surface area (Å²) in [5.74, 6) is -0.783. The lowest BCUT2D eigenvalue weighted by Gasteiger charge is -2.25. The van der Waals surface area contributed by atoms with Crippen LogP contribution in [-0.4, -0.2) is 91.9 Å². The van der Waals surface area contributed by atoms with Crippen LogP contribution in [0.3, 0.4) is 0 Å². The van der Waals surface area contributed by atoms with E-state index in [1.807, 2.05) is 10.6 Å². The van der Waals surface area contributed by atoms with Gasteiger partial charge < -0.3 is 50.0 Å². The third kappa shape index (κ3) is 9.25. The average Bonchev–Trinajstić information content (AvgIpc) is 3.52. The van der Waals surface area contributed by atoms with Gasteiger partial charge in [0.05, 0.1) is 41.3 Å². The van der Waals surface area contributed by atoms with Crippen LogP contribution in [0, 0.1) is 0 Å². The quantitative estimate of drug-likeness (QED) is 0.142. The number of fused-ring (bicyclic) bond motifs is 3. The number of benzene rings is 2. The lowest BCUT2D eigenvalue weighted by atomic mass is 10.0. The summed E-state index contributed by atoms with van der Waals surface area (Å²) < 4.78 is 53.5. The van der Waals surface area contributed by atoms with E-state index in [4.69, 9.17) is 46.6 Å². The molecule has 1 aliphatic heterocycles. The number of alkyl halides is 3. The van der Waals surface area contributed by atoms with E-state index < -0.39 is 48.7 Å². The molecule has 2 heterocycles. The fraction of sp³-hybridized carbons (Fsp3) is 0.516. The van der Waals surface area contributed by atoms with Gasteiger partial charge in [0.15, 0.2) is 0 Å². The number of aromatic nitrogens is 1. The Morgan fingerprint density at radius 3 is 2.35 bits per heavy atom. The van der Waals surface area contributed by atoms with Gasteiger partial charge in [0.1, 0.15) is 36.4 Å². The van der Waals surface area contributed by atoms with Crippen molar-refractivity contribution in [2.24, 2.45) is 0 Å². The largest absolute Gasteiger partial charge is 0.490 e. The van der Waals surface area contributed by atoms with Crippen molar-refractivity contribution in [1.82, 2.24) is 9.88 Å². The molecule has 5 atom stereocenters. The zero-order valence-electron chi connectivity index (χ0n) is 25.5. The maximum atomic E-state index is 13.5. The number of hydrogen-bond donors (Lipinski definition) is 7. The summed E-state index contributed by atoms with van der Waals surface area (Å²) in [6.45, 7) is 3.38. The number of carboxylic acids is 1. The van der Waals surface area contributed by atoms with Crippen molar-refractivity contribution in [3.63, 3.8) is 0 Å². The maximum Gasteiger partial charge on any atom is 0.419 e. The van der Waals surface area contributed by atoms with Gasteiger partial charge in [-0.2, -0.15) is 13.2 Å². The maximum absolute atomic E-state index is 13.5. The minimum absolute atomic E-state index is 0.0114. The number of nitrogens with one attached hydrogen (secondary N) is 1. The Bertz CT molecular complexity index is 1470. The van der Waals surface area contributed by atoms with Crippen molar-refractivity contribution >= 4 is 28.5 Å². The van der Waals surface area contributed by atoms with Crippen LogP contribution in [-0.2, 0) is 24.1 Å². The van der Waals surface area contributed by atoms with E-state index in [-0.39, 0.29) is 37.3 Å². The van der Waals surface area contributed by atoms with Gasteiger partial charge in [-0.05, 0) is 63.2 Å². The molecule has 0 saturated heterocycles. The highest BCUT2D eigenvalue weighted by Gasteiger charge is 2.35. The molecule has 1 aromatic heterocycles. The predicted molar refractivity (Wildman–Crippen MR) is 163 cm³/mol. The van der Waals surface area contributed by atoms with E-state index in [0.717, 1.165) is 22.7 Å². The minimum Gasteiger partial charge on any atom is -0.490 e. The van der Waals surface area contributed by atoms with Crippen LogP contribution < -0.4 is 14.8 Å². The highest BCUT2D eigenvalue weighted by molar-refractivity contribution is 6.36. The van der Waals surface area contributed by atoms with Crippen molar-refractivity contribution in [2.75, 3.05) is 20.2 Å². The van der Waals surface area contributed by atoms with E-state index >= 15 is 0 Å². The number of halogens is 4. The number of ether oxygens (including phenoxy) is 2. The summed E-state index contributed by atoms with van der Waals surface area (Å²) in [6, 6.07) is 9.19. The number of carbonyl (C=O) groups is 1. The smallest absolute Gasteiger partial charge is 0.419 e. The number of likely N-dealkylation sites (N-methyl/N-ethyl adjacent to an activating group) is 1. The average molecular weight is 677 g/mol. The van der Waals surface area contributed by atoms with Crippen LogP contribution >= 0.6 is 11.6 Å². The SMILES string of the molecule is CC(C)Oc1ccc(COc2ccc3c(c2)c(Cl)c2n3CC[C@@H]2CC(=O)O)cc1C(F)(F)F.CNC[C@H](O)[C@@H](O)[C@H](O)[C@H](O)CO. The molecule has 11 nitrogen and oxygen atoms in total. The second kappa shape index (κ2) is 16.1. The lowest BCUT2D eigenvalue weighted by Crippen LogP contribution is -2.48. The third-order valence-corrected chi connectivity index (χ3v) is 7.77. The van der Waals surface area contributed by atoms with E-state index in [1.54, 1.807) is 39.1 Å². The van der Waals surface area contributed by atoms with Crippen molar-refractivity contribution in [2.45, 2.75) is 82.5 Å². The molecule has 0 aliphatic carbocycles. The number of aliphatic hydroxyl groups excluding tert-OH is 5. The Morgan fingerprint density at radius 1 is 1.09 bits per heavy atom. The second-order valence-corrected chi connectivity index (χ2v) is 11.6. The third-order valence-electron chi connectivity index (χ3n) is 7.38. The lowest BCUT2D eigenvalue weighted by molar-refractivity contribution is -0.139. The monoisotopic (exact) mass is 676 g/mol. The number of rotatable bonds is 13. The standard InChI is InChI=1S/C24H23ClF3NO4.C7H17NO5/c1-13(2)33-20-6-3-14(9-18(20)24(26,27)28)12-32-16-4-5-19-17(11-16)22(25)23-15(10-21(30)31)7-8-29(19)23;1-8-2-4(10)6(12)7(13)5(11)3-9/h3-6,9,11,13,15H,7-8,10,12H2,1-2H3,(H,30,31);4-13H,2-3H2,1H3/t15-;4-,5+,6+,7+/m10/s1. The van der Waals surface area contributed by atoms with Crippen LogP contribution in [0.15, 0.2) is 36.4 Å². The molecule has 3 aromatic rings. The second-order valence-electron chi connectivity index (χ2n) is 11.3. The van der Waals surface area contributed by atoms with Crippen LogP contribution in [0.4, 0.5) is 13.2 Å². The molecule has 15 heteroatoms. The summed E-state index contributed by atoms with van der Waals surface area (Å²) in [5.41, 5.74) is 1.20. The van der Waals surface area contributed by atoms with Crippen LogP contribution in [0.25, 0.3) is 10.9 Å². The van der Waals surface area contributed by atoms with Gasteiger partial charge in [0.25, 0.3) is 0 Å². The molecule has 0 radical (unpaired) electrons. The Morgan fingerprint density at radius 2 is 1.76 bits per heavy atom. The van der Waals surface area contributed by atoms with Crippen molar-refractivity contribution in [3.05, 3.63) is 58.2 Å². The van der Waals surface area contributed by atoms with E-state index in [0.29, 0.717) is 29.3 Å². The van der Waals surface area contributed by atoms with Crippen molar-refractivity contribution < 1.29 is 58.1 Å². The molecule has 256 valence electrons. The molecule has 2 aromatic carbocycles. The summed E-state index contributed by atoms with van der Waals surface area (Å²) in [5, 5.41) is 57.9. The number of nitrogens with zero attached hydrogens (tertiary/aromatic N) is 1. The van der Waals surface area contributed by atoms with E-state index in [9.17, 15) is 23.1 Å². The van der Waals surface area contributed by atoms with Gasteiger partial charge in [-0.1, -0.05) is 17.7 Å². The normalized spacial score (nSPS) is 17.2. The van der Waals surface area contributed by atoms with E-state index in [1.165, 1.54) is 6.07 Å². The molecular weight excluding hydrogens is 637 g/mol. The highest BCUT2D eigenvalue weighted by Crippen LogP contribution is 2.44. The Hall–Kier alpha value is -3.11. The molecule has 4 rings (SSSR count). The van der Waals surface area contributed by atoms with Crippen LogP contribution in [0.5, 0.6) is 11.5 Å². The van der Waals surface area contributed by atoms with Gasteiger partial charge >= 0.3 is 12.1 Å². The Balaban J connectivity index is 0.000000376. The first-order chi connectivity index (χ1) is 21.6. The number of aliphatic hydroxyl groups is 5. The Labute approximate surface area is 268 Å². The fourth-order valence-corrected chi connectivity index (χ4v) is 5.59. The summed E-state index contributed by atoms with van der Waals surface area (Å²) >= 11 is 6.59. The fourth-order valence-electron chi connectivity index (χ4n) is 5.18. The number of hydrogen-bond acceptors (Lipinski definition) is 9. The number of carboxylic acid groups (broad SMARTS) is 1. The molecule has 7 N–H and O–H groups in total. The van der Waals surface area contributed by atoms with Gasteiger partial charge in [-0.3, -0.25) is 4.79 Å². The van der Waals surface area contributed by atoms with Crippen molar-refractivity contribution in [1.29, 1.82) is 0 Å². The van der Waals surface area contributed by atoms with Crippen LogP contribution in [0.2, 0.25) is 5.02 Å². The van der Waals surface area contributed by atoms with E-state index in [2.05, 4.69) is 5.32 Å². The summed E-state index contributed by atoms with van der Waals surface area (Å²) in [4.78, 5) is 11.2. The molecule has 1 aliphatic rings. The predicted octanol–water partition coefficient (Wildman–Crippen LogP) is 3.28. The minimum atomic E-state index is -4.55. The molecule has 0 fully saturated rings. The molecule has 0 bridgehead atoms. The summed E-state index contributed by atoms with van der Waals surface area (Å²) in [6.07, 6.45) is -9.86. The number of aryl methyl sites for hydroxylation is 1. The first-order valence-corrected chi connectivity index (χ1v) is 15.0. The van der Waals surface area contributed by atoms with Gasteiger partial charge in [-0.25, -0.2) is 0 Å². The van der Waals surface area contributed by atoms with Crippen LogP contribution in [0.1, 0.15) is 49.4 Å². The first-order valence-electron chi connectivity index (χ1n) is 14.6. The molecular formula is C31H40ClF3N2O9. The zero-order chi connectivity index (χ0) is 34.3. The Kier molecular flexibility index (Phi) is 13.1. The number of aliphatic carboxylic acids is 1. The zero-order valence-corrected chi connectivity index (χ0v) is 26.3. The molecule has 0 saturated carbocycles. The topological polar surface area (TPSA) is 174 Å². The molecule has 0 spiro atoms. The van der Waals surface area contributed by atoms with Gasteiger partial charge in [-0.15, -0.1) is 0 Å². The highest BCUT2D eigenvalue weighted by atomic mass is 35.5. The molecule has 46 heavy (non-hydrogen) atoms. The molecule has 0 unspecified atom stereocenters. The summed E-state index contributed by atoms with van der Waals surface area (Å²) in [7, 11) is 1.57. The van der Waals surface area contributed by atoms with Gasteiger partial charge in [0, 0.05) is 30.1 Å². The molecule has 0 amide bonds. The van der Waals surface area contributed by atoms with Crippen molar-refractivity contribution in [3.8, 4) is 11.5 Å². The first kappa shape index (κ1) is 37.3. The van der Waals surface area contributed by atoms with Gasteiger partial charge in [0.2, 0.25) is 0 Å².